The highest BCUT2D eigenvalue weighted by atomic mass is 16.6. The van der Waals surface area contributed by atoms with Gasteiger partial charge >= 0.3 is 12.1 Å². The molecule has 1 heterocycles. The SMILES string of the molecule is COC(=O)[C@H](C)NC(=O)C1(NC(=O)[C@H](C)NC(=O)[C@H](C)NC(=O)OCC2c3ccccc3-c3ccccc32)Cc2cccc3c2-c2c(cccc2OCCOCCOc2ccc4ccccc4c2-c2c(ccc4ccccc24)OCCOCCO3)C1. The smallest absolute Gasteiger partial charge is 0.407 e. The Morgan fingerprint density at radius 1 is 0.477 bits per heavy atom. The van der Waals surface area contributed by atoms with E-state index < -0.39 is 53.4 Å². The van der Waals surface area contributed by atoms with E-state index in [2.05, 4.69) is 45.5 Å². The summed E-state index contributed by atoms with van der Waals surface area (Å²) in [5, 5.41) is 15.2. The fraction of sp³-hybridized carbons (Fsp3) is 0.290. The molecule has 2 aliphatic carbocycles. The molecule has 1 aliphatic heterocycles. The van der Waals surface area contributed by atoms with Crippen molar-refractivity contribution >= 4 is 51.3 Å². The Hall–Kier alpha value is -9.45. The number of amides is 4. The summed E-state index contributed by atoms with van der Waals surface area (Å²) in [5.74, 6) is -0.699. The minimum Gasteiger partial charge on any atom is -0.491 e. The Morgan fingerprint density at radius 3 is 1.43 bits per heavy atom. The quantitative estimate of drug-likeness (QED) is 0.0943. The van der Waals surface area contributed by atoms with Gasteiger partial charge in [0.1, 0.15) is 79.7 Å². The van der Waals surface area contributed by atoms with Crippen molar-refractivity contribution < 1.29 is 61.9 Å². The molecule has 442 valence electrons. The van der Waals surface area contributed by atoms with E-state index in [9.17, 15) is 19.2 Å². The Bertz CT molecular complexity index is 3650. The molecule has 11 rings (SSSR count). The van der Waals surface area contributed by atoms with E-state index >= 15 is 4.79 Å². The number of esters is 1. The third kappa shape index (κ3) is 12.4. The van der Waals surface area contributed by atoms with Gasteiger partial charge in [-0.25, -0.2) is 9.59 Å². The van der Waals surface area contributed by atoms with Crippen LogP contribution in [0.15, 0.2) is 158 Å². The lowest BCUT2D eigenvalue weighted by atomic mass is 9.84. The molecule has 0 saturated heterocycles. The van der Waals surface area contributed by atoms with Crippen molar-refractivity contribution in [3.63, 3.8) is 0 Å². The minimum absolute atomic E-state index is 0.0383. The zero-order valence-corrected chi connectivity index (χ0v) is 48.4. The Labute approximate surface area is 498 Å². The van der Waals surface area contributed by atoms with Crippen molar-refractivity contribution in [2.45, 2.75) is 63.2 Å². The summed E-state index contributed by atoms with van der Waals surface area (Å²) >= 11 is 0. The normalized spacial score (nSPS) is 15.9. The van der Waals surface area contributed by atoms with Crippen LogP contribution in [-0.4, -0.2) is 120 Å². The summed E-state index contributed by atoms with van der Waals surface area (Å²) in [7, 11) is 1.22. The van der Waals surface area contributed by atoms with Gasteiger partial charge in [-0.05, 0) is 100.0 Å². The van der Waals surface area contributed by atoms with Crippen LogP contribution < -0.4 is 40.2 Å². The predicted molar refractivity (Wildman–Crippen MR) is 326 cm³/mol. The Balaban J connectivity index is 0.833. The van der Waals surface area contributed by atoms with Crippen molar-refractivity contribution in [3.05, 3.63) is 180 Å². The first-order chi connectivity index (χ1) is 41.9. The molecule has 4 amide bonds. The van der Waals surface area contributed by atoms with Crippen molar-refractivity contribution in [3.8, 4) is 56.4 Å². The van der Waals surface area contributed by atoms with Crippen LogP contribution in [0.5, 0.6) is 23.0 Å². The lowest BCUT2D eigenvalue weighted by Crippen LogP contribution is -2.65. The molecule has 17 heteroatoms. The number of methoxy groups -OCH3 is 1. The largest absolute Gasteiger partial charge is 0.491 e. The molecule has 17 nitrogen and oxygen atoms in total. The Morgan fingerprint density at radius 2 is 0.930 bits per heavy atom. The van der Waals surface area contributed by atoms with E-state index in [4.69, 9.17) is 37.9 Å². The monoisotopic (exact) mass is 1160 g/mol. The second kappa shape index (κ2) is 26.2. The number of fused-ring (bicyclic) bond motifs is 10. The van der Waals surface area contributed by atoms with E-state index in [0.717, 1.165) is 54.9 Å². The first-order valence-corrected chi connectivity index (χ1v) is 29.0. The second-order valence-corrected chi connectivity index (χ2v) is 21.6. The molecular formula is C69H68N4O13. The zero-order valence-electron chi connectivity index (χ0n) is 48.4. The third-order valence-corrected chi connectivity index (χ3v) is 16.0. The molecule has 3 atom stereocenters. The van der Waals surface area contributed by atoms with Crippen LogP contribution >= 0.6 is 0 Å². The molecule has 0 radical (unpaired) electrons. The highest BCUT2D eigenvalue weighted by Crippen LogP contribution is 2.48. The molecule has 0 bridgehead atoms. The number of alkyl carbamates (subject to hydrolysis) is 1. The van der Waals surface area contributed by atoms with E-state index in [1.165, 1.54) is 27.9 Å². The molecule has 3 aliphatic rings. The lowest BCUT2D eigenvalue weighted by Gasteiger charge is -2.35. The van der Waals surface area contributed by atoms with Gasteiger partial charge in [0.25, 0.3) is 0 Å². The van der Waals surface area contributed by atoms with Crippen LogP contribution in [0.3, 0.4) is 0 Å². The number of benzene rings is 8. The number of carbonyl (C=O) groups is 5. The van der Waals surface area contributed by atoms with Crippen LogP contribution in [0, 0.1) is 0 Å². The molecule has 8 aromatic carbocycles. The highest BCUT2D eigenvalue weighted by Gasteiger charge is 2.46. The third-order valence-electron chi connectivity index (χ3n) is 16.0. The van der Waals surface area contributed by atoms with Crippen molar-refractivity contribution in [1.29, 1.82) is 0 Å². The number of ether oxygens (including phenoxy) is 8. The highest BCUT2D eigenvalue weighted by molar-refractivity contribution is 6.10. The van der Waals surface area contributed by atoms with Crippen LogP contribution in [0.25, 0.3) is 54.9 Å². The van der Waals surface area contributed by atoms with Gasteiger partial charge in [-0.2, -0.15) is 0 Å². The fourth-order valence-electron chi connectivity index (χ4n) is 11.8. The maximum atomic E-state index is 15.1. The topological polar surface area (TPSA) is 207 Å². The number of rotatable bonds is 10. The van der Waals surface area contributed by atoms with Gasteiger partial charge in [-0.1, -0.05) is 133 Å². The molecular weight excluding hydrogens is 1090 g/mol. The van der Waals surface area contributed by atoms with Crippen LogP contribution in [0.1, 0.15) is 48.9 Å². The van der Waals surface area contributed by atoms with Crippen LogP contribution in [-0.2, 0) is 51.0 Å². The van der Waals surface area contributed by atoms with Gasteiger partial charge < -0.3 is 59.2 Å². The van der Waals surface area contributed by atoms with Gasteiger partial charge in [-0.15, -0.1) is 0 Å². The first-order valence-electron chi connectivity index (χ1n) is 29.0. The minimum atomic E-state index is -1.80. The second-order valence-electron chi connectivity index (χ2n) is 21.6. The summed E-state index contributed by atoms with van der Waals surface area (Å²) in [6.45, 7) is 6.08. The van der Waals surface area contributed by atoms with Crippen molar-refractivity contribution in [2.24, 2.45) is 0 Å². The number of carbonyl (C=O) groups excluding carboxylic acids is 5. The van der Waals surface area contributed by atoms with Crippen molar-refractivity contribution in [2.75, 3.05) is 66.6 Å². The summed E-state index contributed by atoms with van der Waals surface area (Å²) in [4.78, 5) is 69.7. The van der Waals surface area contributed by atoms with Gasteiger partial charge in [-0.3, -0.25) is 14.4 Å². The fourth-order valence-corrected chi connectivity index (χ4v) is 11.8. The van der Waals surface area contributed by atoms with E-state index in [1.807, 2.05) is 121 Å². The predicted octanol–water partition coefficient (Wildman–Crippen LogP) is 9.65. The summed E-state index contributed by atoms with van der Waals surface area (Å²) in [5.41, 5.74) is 6.69. The average Bonchev–Trinajstić information content (AvgIpc) is 1.56. The van der Waals surface area contributed by atoms with Crippen LogP contribution in [0.4, 0.5) is 4.79 Å². The van der Waals surface area contributed by atoms with Crippen LogP contribution in [0.2, 0.25) is 0 Å². The summed E-state index contributed by atoms with van der Waals surface area (Å²) in [6.07, 6.45) is -1.02. The maximum Gasteiger partial charge on any atom is 0.407 e. The molecule has 0 spiro atoms. The van der Waals surface area contributed by atoms with Gasteiger partial charge in [0.15, 0.2) is 0 Å². The van der Waals surface area contributed by atoms with Gasteiger partial charge in [0.2, 0.25) is 17.7 Å². The van der Waals surface area contributed by atoms with Crippen molar-refractivity contribution in [1.82, 2.24) is 21.3 Å². The molecule has 0 unspecified atom stereocenters. The zero-order chi connectivity index (χ0) is 59.7. The maximum absolute atomic E-state index is 15.1. The first kappa shape index (κ1) is 58.3. The number of nitrogens with one attached hydrogen (secondary N) is 4. The van der Waals surface area contributed by atoms with E-state index in [0.29, 0.717) is 45.3 Å². The molecule has 86 heavy (non-hydrogen) atoms. The molecule has 0 saturated carbocycles. The number of hydrogen-bond acceptors (Lipinski definition) is 13. The molecule has 4 N–H and O–H groups in total. The standard InChI is InChI=1S/C69H68N4O13/c1-42(72-68(78)86-41-55-53-23-11-9-21-51(53)52-22-10-12-24-54(52)55)64(74)70-43(2)65(75)73-69(67(77)71-44(3)66(76)79-4)39-47-17-13-25-56-60(47)61-48(40-69)18-14-26-57(61)83-36-32-81-34-38-85-59-30-28-46-16-6-8-20-50(46)63(59)62-49-19-7-5-15-45(49)27-29-58(62)84-37-33-80-31-35-82-56/h5-30,42-44,55H,31-41H2,1-4H3,(H,70,74)(H,71,77)(H,72,78)(H,73,75)/t42-,43-,44-/m0/s1. The molecule has 0 aromatic heterocycles. The summed E-state index contributed by atoms with van der Waals surface area (Å²) < 4.78 is 49.4. The molecule has 8 aromatic rings. The average molecular weight is 1160 g/mol. The Kier molecular flexibility index (Phi) is 17.8. The lowest BCUT2D eigenvalue weighted by molar-refractivity contribution is -0.145. The van der Waals surface area contributed by atoms with E-state index in [1.54, 1.807) is 12.1 Å². The van der Waals surface area contributed by atoms with E-state index in [-0.39, 0.29) is 78.2 Å². The summed E-state index contributed by atoms with van der Waals surface area (Å²) in [6, 6.07) is 47.9. The number of hydrogen-bond donors (Lipinski definition) is 4. The van der Waals surface area contributed by atoms with Gasteiger partial charge in [0, 0.05) is 41.0 Å². The molecule has 0 fully saturated rings. The van der Waals surface area contributed by atoms with Gasteiger partial charge in [0.05, 0.1) is 33.5 Å².